The highest BCUT2D eigenvalue weighted by atomic mass is 16.6. The molecule has 2 aliphatic heterocycles. The molecule has 1 unspecified atom stereocenters. The smallest absolute Gasteiger partial charge is 0.408 e. The highest BCUT2D eigenvalue weighted by Crippen LogP contribution is 2.44. The summed E-state index contributed by atoms with van der Waals surface area (Å²) in [4.78, 5) is 38.8. The molecule has 2 N–H and O–H groups in total. The van der Waals surface area contributed by atoms with Gasteiger partial charge in [-0.3, -0.25) is 9.59 Å². The minimum absolute atomic E-state index is 0.0380. The van der Waals surface area contributed by atoms with Gasteiger partial charge in [0.1, 0.15) is 17.6 Å². The third-order valence-electron chi connectivity index (χ3n) is 7.00. The summed E-state index contributed by atoms with van der Waals surface area (Å²) in [5.74, 6) is -1.35. The zero-order valence-electron chi connectivity index (χ0n) is 18.4. The standard InChI is InChI=1S/C25H26N2O6/c1-24(22(29)30)13-27(14-24)21(28)25(10-11-32-15-25)26-23(31)33-12-20-18-8-4-2-6-16(18)17-7-3-5-9-19(17)20/h2-9,20H,10-15H2,1H3,(H,26,31)(H,29,30). The molecule has 0 radical (unpaired) electrons. The molecule has 0 saturated carbocycles. The topological polar surface area (TPSA) is 105 Å². The zero-order chi connectivity index (χ0) is 23.2. The Morgan fingerprint density at radius 1 is 1.09 bits per heavy atom. The molecule has 0 aromatic heterocycles. The molecule has 1 atom stereocenters. The van der Waals surface area contributed by atoms with Crippen LogP contribution in [0.4, 0.5) is 4.79 Å². The molecule has 2 fully saturated rings. The van der Waals surface area contributed by atoms with E-state index in [0.717, 1.165) is 22.3 Å². The van der Waals surface area contributed by atoms with Gasteiger partial charge in [0.25, 0.3) is 5.91 Å². The van der Waals surface area contributed by atoms with E-state index in [2.05, 4.69) is 17.4 Å². The molecule has 0 spiro atoms. The minimum atomic E-state index is -1.23. The van der Waals surface area contributed by atoms with Crippen molar-refractivity contribution >= 4 is 18.0 Å². The van der Waals surface area contributed by atoms with Crippen LogP contribution in [0.1, 0.15) is 30.4 Å². The van der Waals surface area contributed by atoms with Crippen molar-refractivity contribution in [1.29, 1.82) is 0 Å². The first kappa shape index (κ1) is 21.5. The molecule has 2 aromatic rings. The van der Waals surface area contributed by atoms with E-state index in [0.29, 0.717) is 13.0 Å². The number of ether oxygens (including phenoxy) is 2. The molecule has 5 rings (SSSR count). The number of hydrogen-bond donors (Lipinski definition) is 2. The lowest BCUT2D eigenvalue weighted by Crippen LogP contribution is -2.68. The second kappa shape index (κ2) is 7.88. The Kier molecular flexibility index (Phi) is 5.12. The maximum atomic E-state index is 13.2. The van der Waals surface area contributed by atoms with Gasteiger partial charge >= 0.3 is 12.1 Å². The first-order valence-electron chi connectivity index (χ1n) is 11.1. The molecule has 2 heterocycles. The van der Waals surface area contributed by atoms with Crippen molar-refractivity contribution in [1.82, 2.24) is 10.2 Å². The Hall–Kier alpha value is -3.39. The van der Waals surface area contributed by atoms with Gasteiger partial charge in [-0.05, 0) is 29.2 Å². The van der Waals surface area contributed by atoms with Crippen LogP contribution in [0.15, 0.2) is 48.5 Å². The predicted molar refractivity (Wildman–Crippen MR) is 119 cm³/mol. The largest absolute Gasteiger partial charge is 0.481 e. The third kappa shape index (κ3) is 3.54. The molecule has 1 aliphatic carbocycles. The maximum Gasteiger partial charge on any atom is 0.408 e. The number of benzene rings is 2. The monoisotopic (exact) mass is 450 g/mol. The van der Waals surface area contributed by atoms with E-state index in [9.17, 15) is 19.5 Å². The number of hydrogen-bond acceptors (Lipinski definition) is 5. The quantitative estimate of drug-likeness (QED) is 0.726. The Balaban J connectivity index is 1.27. The Morgan fingerprint density at radius 3 is 2.24 bits per heavy atom. The predicted octanol–water partition coefficient (Wildman–Crippen LogP) is 2.62. The lowest BCUT2D eigenvalue weighted by Gasteiger charge is -2.47. The normalized spacial score (nSPS) is 22.8. The van der Waals surface area contributed by atoms with E-state index >= 15 is 0 Å². The molecule has 172 valence electrons. The van der Waals surface area contributed by atoms with E-state index in [1.54, 1.807) is 6.92 Å². The fraction of sp³-hybridized carbons (Fsp3) is 0.400. The number of carboxylic acids is 1. The number of amides is 2. The van der Waals surface area contributed by atoms with Gasteiger partial charge in [0.05, 0.1) is 6.61 Å². The van der Waals surface area contributed by atoms with E-state index in [1.807, 2.05) is 36.4 Å². The Morgan fingerprint density at radius 2 is 1.70 bits per heavy atom. The number of fused-ring (bicyclic) bond motifs is 3. The van der Waals surface area contributed by atoms with Gasteiger partial charge in [-0.1, -0.05) is 48.5 Å². The molecule has 2 aromatic carbocycles. The van der Waals surface area contributed by atoms with Crippen LogP contribution in [0, 0.1) is 5.41 Å². The number of nitrogens with one attached hydrogen (secondary N) is 1. The fourth-order valence-corrected chi connectivity index (χ4v) is 5.09. The second-order valence-electron chi connectivity index (χ2n) is 9.36. The molecule has 2 amide bonds. The van der Waals surface area contributed by atoms with Gasteiger partial charge in [0, 0.05) is 32.0 Å². The third-order valence-corrected chi connectivity index (χ3v) is 7.00. The molecular weight excluding hydrogens is 424 g/mol. The van der Waals surface area contributed by atoms with Crippen LogP contribution in [-0.2, 0) is 19.1 Å². The Labute approximate surface area is 191 Å². The van der Waals surface area contributed by atoms with Gasteiger partial charge in [-0.25, -0.2) is 4.79 Å². The van der Waals surface area contributed by atoms with E-state index in [-0.39, 0.29) is 38.1 Å². The number of likely N-dealkylation sites (tertiary alicyclic amines) is 1. The maximum absolute atomic E-state index is 13.2. The highest BCUT2D eigenvalue weighted by molar-refractivity contribution is 5.92. The van der Waals surface area contributed by atoms with E-state index < -0.39 is 23.0 Å². The van der Waals surface area contributed by atoms with Crippen LogP contribution in [0.5, 0.6) is 0 Å². The van der Waals surface area contributed by atoms with Gasteiger partial charge in [0.15, 0.2) is 0 Å². The van der Waals surface area contributed by atoms with Gasteiger partial charge in [-0.15, -0.1) is 0 Å². The summed E-state index contributed by atoms with van der Waals surface area (Å²) < 4.78 is 11.1. The zero-order valence-corrected chi connectivity index (χ0v) is 18.4. The van der Waals surface area contributed by atoms with Gasteiger partial charge in [-0.2, -0.15) is 0 Å². The number of carbonyl (C=O) groups excluding carboxylic acids is 2. The summed E-state index contributed by atoms with van der Waals surface area (Å²) in [6.45, 7) is 2.34. The summed E-state index contributed by atoms with van der Waals surface area (Å²) in [7, 11) is 0. The SMILES string of the molecule is CC1(C(=O)O)CN(C(=O)C2(NC(=O)OCC3c4ccccc4-c4ccccc43)CCOC2)C1. The number of alkyl carbamates (subject to hydrolysis) is 1. The van der Waals surface area contributed by atoms with Gasteiger partial charge < -0.3 is 24.8 Å². The van der Waals surface area contributed by atoms with Crippen molar-refractivity contribution in [2.75, 3.05) is 32.9 Å². The van der Waals surface area contributed by atoms with Crippen molar-refractivity contribution in [2.45, 2.75) is 24.8 Å². The van der Waals surface area contributed by atoms with Crippen molar-refractivity contribution in [2.24, 2.45) is 5.41 Å². The number of carboxylic acid groups (broad SMARTS) is 1. The van der Waals surface area contributed by atoms with Crippen LogP contribution in [0.3, 0.4) is 0 Å². The first-order valence-corrected chi connectivity index (χ1v) is 11.1. The van der Waals surface area contributed by atoms with E-state index in [4.69, 9.17) is 9.47 Å². The Bertz CT molecular complexity index is 1070. The lowest BCUT2D eigenvalue weighted by molar-refractivity contribution is -0.166. The lowest BCUT2D eigenvalue weighted by atomic mass is 9.80. The average Bonchev–Trinajstić information content (AvgIpc) is 3.38. The molecule has 8 nitrogen and oxygen atoms in total. The van der Waals surface area contributed by atoms with Crippen LogP contribution in [0.2, 0.25) is 0 Å². The molecule has 3 aliphatic rings. The summed E-state index contributed by atoms with van der Waals surface area (Å²) in [6, 6.07) is 16.1. The number of aliphatic carboxylic acids is 1. The van der Waals surface area contributed by atoms with Crippen molar-refractivity contribution in [3.05, 3.63) is 59.7 Å². The fourth-order valence-electron chi connectivity index (χ4n) is 5.09. The van der Waals surface area contributed by atoms with Crippen LogP contribution in [0.25, 0.3) is 11.1 Å². The number of rotatable bonds is 5. The summed E-state index contributed by atoms with van der Waals surface area (Å²) in [5, 5.41) is 12.1. The summed E-state index contributed by atoms with van der Waals surface area (Å²) in [5.41, 5.74) is 2.29. The average molecular weight is 450 g/mol. The molecule has 8 heteroatoms. The van der Waals surface area contributed by atoms with Gasteiger partial charge in [0.2, 0.25) is 0 Å². The molecule has 2 saturated heterocycles. The first-order chi connectivity index (χ1) is 15.8. The van der Waals surface area contributed by atoms with Crippen LogP contribution < -0.4 is 5.32 Å². The van der Waals surface area contributed by atoms with Crippen LogP contribution in [-0.4, -0.2) is 66.4 Å². The molecule has 0 bridgehead atoms. The van der Waals surface area contributed by atoms with E-state index in [1.165, 1.54) is 4.90 Å². The minimum Gasteiger partial charge on any atom is -0.481 e. The summed E-state index contributed by atoms with van der Waals surface area (Å²) >= 11 is 0. The number of nitrogens with zero attached hydrogens (tertiary/aromatic N) is 1. The molecule has 33 heavy (non-hydrogen) atoms. The number of carbonyl (C=O) groups is 3. The highest BCUT2D eigenvalue weighted by Gasteiger charge is 2.54. The summed E-state index contributed by atoms with van der Waals surface area (Å²) in [6.07, 6.45) is -0.367. The van der Waals surface area contributed by atoms with Crippen molar-refractivity contribution in [3.63, 3.8) is 0 Å². The second-order valence-corrected chi connectivity index (χ2v) is 9.36. The van der Waals surface area contributed by atoms with Crippen molar-refractivity contribution < 1.29 is 29.0 Å². The van der Waals surface area contributed by atoms with Crippen LogP contribution >= 0.6 is 0 Å². The van der Waals surface area contributed by atoms with Crippen molar-refractivity contribution in [3.8, 4) is 11.1 Å². The molecular formula is C25H26N2O6.